The van der Waals surface area contributed by atoms with Crippen LogP contribution in [0.4, 0.5) is 0 Å². The smallest absolute Gasteiger partial charge is 0.323 e. The summed E-state index contributed by atoms with van der Waals surface area (Å²) in [5.74, 6) is 0. The molecule has 0 rings (SSSR count). The monoisotopic (exact) mass is 238 g/mol. The lowest BCUT2D eigenvalue weighted by Crippen LogP contribution is -2.00. The predicted octanol–water partition coefficient (Wildman–Crippen LogP) is -0.863. The molecule has 0 radical (unpaired) electrons. The Kier molecular flexibility index (Phi) is 5.23. The second kappa shape index (κ2) is 5.16. The third kappa shape index (κ3) is 12.2. The lowest BCUT2D eigenvalue weighted by Gasteiger charge is -2.04. The average molecular weight is 238 g/mol. The molecule has 0 saturated carbocycles. The third-order valence-electron chi connectivity index (χ3n) is 0.538. The van der Waals surface area contributed by atoms with E-state index in [0.29, 0.717) is 0 Å². The van der Waals surface area contributed by atoms with Crippen LogP contribution in [-0.4, -0.2) is 32.3 Å². The molecule has 0 amide bonds. The maximum Gasteiger partial charge on any atom is 0.354 e. The van der Waals surface area contributed by atoms with Crippen LogP contribution >= 0.6 is 15.2 Å². The molecule has 0 unspecified atom stereocenters. The summed E-state index contributed by atoms with van der Waals surface area (Å²) in [5.41, 5.74) is 0. The Labute approximate surface area is 72.4 Å². The quantitative estimate of drug-likeness (QED) is 0.201. The summed E-state index contributed by atoms with van der Waals surface area (Å²) in [6.07, 6.45) is -2.12. The minimum Gasteiger partial charge on any atom is -0.323 e. The maximum atomic E-state index is 10.1. The number of hydrogen-bond acceptors (Lipinski definition) is 5. The van der Waals surface area contributed by atoms with Gasteiger partial charge >= 0.3 is 15.2 Å². The first kappa shape index (κ1) is 13.2. The van der Waals surface area contributed by atoms with E-state index >= 15 is 0 Å². The molecule has 0 aromatic heterocycles. The van der Waals surface area contributed by atoms with E-state index in [-0.39, 0.29) is 0 Å². The van der Waals surface area contributed by atoms with Gasteiger partial charge in [0.1, 0.15) is 0 Å². The fourth-order valence-corrected chi connectivity index (χ4v) is 0.575. The molecule has 0 aliphatic carbocycles. The van der Waals surface area contributed by atoms with Gasteiger partial charge in [-0.25, -0.2) is 0 Å². The zero-order chi connectivity index (χ0) is 10.5. The first-order valence-electron chi connectivity index (χ1n) is 2.71. The van der Waals surface area contributed by atoms with Crippen molar-refractivity contribution in [2.45, 2.75) is 0 Å². The highest BCUT2D eigenvalue weighted by molar-refractivity contribution is 7.51. The molecule has 0 aliphatic heterocycles. The Morgan fingerprint density at radius 1 is 0.846 bits per heavy atom. The highest BCUT2D eigenvalue weighted by Gasteiger charge is 2.16. The largest absolute Gasteiger partial charge is 0.354 e. The summed E-state index contributed by atoms with van der Waals surface area (Å²) in [6, 6.07) is 0. The first-order valence-corrected chi connectivity index (χ1v) is 6.30. The Morgan fingerprint density at radius 3 is 1.38 bits per heavy atom. The standard InChI is InChI=1S/C2H8O9P2/c3-12(4,5)1-9-11-10-2-13(6,7)8/h1-2H2,(H2,3,4,5)(H2,6,7,8). The van der Waals surface area contributed by atoms with Crippen molar-refractivity contribution in [3.05, 3.63) is 0 Å². The van der Waals surface area contributed by atoms with Gasteiger partial charge in [0.25, 0.3) is 0 Å². The van der Waals surface area contributed by atoms with Gasteiger partial charge in [0, 0.05) is 0 Å². The topological polar surface area (TPSA) is 143 Å². The van der Waals surface area contributed by atoms with Crippen molar-refractivity contribution in [3.63, 3.8) is 0 Å². The van der Waals surface area contributed by atoms with Crippen LogP contribution in [0.25, 0.3) is 0 Å². The van der Waals surface area contributed by atoms with Crippen LogP contribution in [0, 0.1) is 0 Å². The highest BCUT2D eigenvalue weighted by atomic mass is 31.2. The van der Waals surface area contributed by atoms with E-state index in [1.807, 2.05) is 0 Å². The normalized spacial score (nSPS) is 13.2. The van der Waals surface area contributed by atoms with Crippen molar-refractivity contribution in [2.75, 3.05) is 12.7 Å². The molecule has 0 fully saturated rings. The lowest BCUT2D eigenvalue weighted by atomic mass is 11.7. The fraction of sp³-hybridized carbons (Fsp3) is 1.00. The summed E-state index contributed by atoms with van der Waals surface area (Å²) >= 11 is 0. The van der Waals surface area contributed by atoms with Crippen molar-refractivity contribution in [1.82, 2.24) is 0 Å². The molecular weight excluding hydrogens is 230 g/mol. The molecule has 9 nitrogen and oxygen atoms in total. The van der Waals surface area contributed by atoms with Crippen LogP contribution in [0.1, 0.15) is 0 Å². The predicted molar refractivity (Wildman–Crippen MR) is 37.1 cm³/mol. The SMILES string of the molecule is O=P(O)(O)COOOCP(=O)(O)O. The molecule has 80 valence electrons. The second-order valence-electron chi connectivity index (χ2n) is 1.89. The van der Waals surface area contributed by atoms with Crippen LogP contribution in [0.3, 0.4) is 0 Å². The van der Waals surface area contributed by atoms with Gasteiger partial charge in [0.2, 0.25) is 0 Å². The number of hydrogen-bond donors (Lipinski definition) is 4. The van der Waals surface area contributed by atoms with Gasteiger partial charge in [-0.3, -0.25) is 9.13 Å². The van der Waals surface area contributed by atoms with E-state index in [9.17, 15) is 9.13 Å². The van der Waals surface area contributed by atoms with E-state index in [4.69, 9.17) is 19.6 Å². The molecule has 0 atom stereocenters. The summed E-state index contributed by atoms with van der Waals surface area (Å²) in [4.78, 5) is 40.2. The molecule has 13 heavy (non-hydrogen) atoms. The summed E-state index contributed by atoms with van der Waals surface area (Å²) in [5, 5.41) is 3.60. The minimum atomic E-state index is -4.37. The summed E-state index contributed by atoms with van der Waals surface area (Å²) in [6.45, 7) is 0. The van der Waals surface area contributed by atoms with Crippen LogP contribution in [0.15, 0.2) is 0 Å². The summed E-state index contributed by atoms with van der Waals surface area (Å²) in [7, 11) is -8.74. The van der Waals surface area contributed by atoms with E-state index < -0.39 is 27.9 Å². The van der Waals surface area contributed by atoms with Crippen molar-refractivity contribution >= 4 is 15.2 Å². The van der Waals surface area contributed by atoms with Gasteiger partial charge in [-0.1, -0.05) is 5.04 Å². The fourth-order valence-electron chi connectivity index (χ4n) is 0.214. The molecule has 11 heteroatoms. The van der Waals surface area contributed by atoms with Gasteiger partial charge in [-0.05, 0) is 0 Å². The molecule has 0 saturated heterocycles. The zero-order valence-electron chi connectivity index (χ0n) is 6.14. The van der Waals surface area contributed by atoms with Crippen LogP contribution in [-0.2, 0) is 23.9 Å². The summed E-state index contributed by atoms with van der Waals surface area (Å²) < 4.78 is 20.1. The minimum absolute atomic E-state index is 1.06. The second-order valence-corrected chi connectivity index (χ2v) is 5.07. The maximum absolute atomic E-state index is 10.1. The van der Waals surface area contributed by atoms with E-state index in [2.05, 4.69) is 14.8 Å². The van der Waals surface area contributed by atoms with Gasteiger partial charge < -0.3 is 19.6 Å². The Morgan fingerprint density at radius 2 is 1.15 bits per heavy atom. The van der Waals surface area contributed by atoms with Gasteiger partial charge in [0.15, 0.2) is 12.7 Å². The van der Waals surface area contributed by atoms with E-state index in [1.54, 1.807) is 0 Å². The van der Waals surface area contributed by atoms with Gasteiger partial charge in [-0.2, -0.15) is 9.78 Å². The molecule has 0 aromatic carbocycles. The molecular formula is C2H8O9P2. The molecule has 0 bridgehead atoms. The van der Waals surface area contributed by atoms with Crippen LogP contribution < -0.4 is 0 Å². The van der Waals surface area contributed by atoms with E-state index in [0.717, 1.165) is 0 Å². The molecule has 0 aromatic rings. The van der Waals surface area contributed by atoms with Crippen LogP contribution in [0.5, 0.6) is 0 Å². The lowest BCUT2D eigenvalue weighted by molar-refractivity contribution is -0.501. The van der Waals surface area contributed by atoms with Crippen molar-refractivity contribution < 1.29 is 43.5 Å². The third-order valence-corrected chi connectivity index (χ3v) is 1.42. The highest BCUT2D eigenvalue weighted by Crippen LogP contribution is 2.35. The Hall–Kier alpha value is 0.180. The molecule has 0 spiro atoms. The zero-order valence-corrected chi connectivity index (χ0v) is 7.93. The van der Waals surface area contributed by atoms with E-state index in [1.165, 1.54) is 0 Å². The average Bonchev–Trinajstić information content (AvgIpc) is 1.81. The number of rotatable bonds is 6. The van der Waals surface area contributed by atoms with Crippen molar-refractivity contribution in [2.24, 2.45) is 0 Å². The van der Waals surface area contributed by atoms with Crippen molar-refractivity contribution in [3.8, 4) is 0 Å². The molecule has 0 heterocycles. The molecule has 4 N–H and O–H groups in total. The van der Waals surface area contributed by atoms with Crippen LogP contribution in [0.2, 0.25) is 0 Å². The van der Waals surface area contributed by atoms with Gasteiger partial charge in [-0.15, -0.1) is 0 Å². The first-order chi connectivity index (χ1) is 5.71. The molecule has 0 aliphatic rings. The van der Waals surface area contributed by atoms with Crippen molar-refractivity contribution in [1.29, 1.82) is 0 Å². The Bertz CT molecular complexity index is 200. The van der Waals surface area contributed by atoms with Gasteiger partial charge in [0.05, 0.1) is 0 Å². The Balaban J connectivity index is 3.39.